The van der Waals surface area contributed by atoms with Crippen molar-refractivity contribution in [1.29, 1.82) is 0 Å². The molecule has 5 heteroatoms. The van der Waals surface area contributed by atoms with Crippen LogP contribution in [-0.2, 0) is 6.42 Å². The zero-order valence-corrected chi connectivity index (χ0v) is 18.1. The summed E-state index contributed by atoms with van der Waals surface area (Å²) in [6, 6.07) is 14.4. The number of urea groups is 1. The molecule has 0 spiro atoms. The Morgan fingerprint density at radius 2 is 1.79 bits per heavy atom. The summed E-state index contributed by atoms with van der Waals surface area (Å²) in [6.07, 6.45) is 0.956. The van der Waals surface area contributed by atoms with Crippen LogP contribution in [0.2, 0.25) is 0 Å². The molecule has 1 heterocycles. The monoisotopic (exact) mass is 395 g/mol. The Morgan fingerprint density at radius 3 is 2.48 bits per heavy atom. The van der Waals surface area contributed by atoms with Crippen molar-refractivity contribution in [3.05, 3.63) is 59.2 Å². The van der Waals surface area contributed by atoms with Crippen LogP contribution < -0.4 is 10.1 Å². The summed E-state index contributed by atoms with van der Waals surface area (Å²) < 4.78 is 5.45. The first kappa shape index (κ1) is 21.2. The first-order valence-electron chi connectivity index (χ1n) is 10.5. The van der Waals surface area contributed by atoms with Gasteiger partial charge in [-0.1, -0.05) is 50.2 Å². The van der Waals surface area contributed by atoms with Gasteiger partial charge in [0.25, 0.3) is 0 Å². The Labute approximate surface area is 174 Å². The number of anilines is 1. The number of rotatable bonds is 6. The van der Waals surface area contributed by atoms with Gasteiger partial charge < -0.3 is 15.0 Å². The fraction of sp³-hybridized carbons (Fsp3) is 0.458. The molecular formula is C24H33N3O2. The van der Waals surface area contributed by atoms with E-state index in [9.17, 15) is 4.79 Å². The molecule has 0 unspecified atom stereocenters. The van der Waals surface area contributed by atoms with E-state index in [1.165, 1.54) is 11.1 Å². The van der Waals surface area contributed by atoms with Gasteiger partial charge in [-0.25, -0.2) is 4.79 Å². The summed E-state index contributed by atoms with van der Waals surface area (Å²) in [5.41, 5.74) is 4.50. The van der Waals surface area contributed by atoms with Crippen LogP contribution in [0.25, 0.3) is 0 Å². The van der Waals surface area contributed by atoms with Crippen LogP contribution in [0.1, 0.15) is 36.5 Å². The molecule has 29 heavy (non-hydrogen) atoms. The number of aryl methyl sites for hydroxylation is 1. The van der Waals surface area contributed by atoms with E-state index in [4.69, 9.17) is 4.74 Å². The van der Waals surface area contributed by atoms with Gasteiger partial charge in [0.2, 0.25) is 0 Å². The van der Waals surface area contributed by atoms with Crippen LogP contribution in [-0.4, -0.2) is 55.7 Å². The summed E-state index contributed by atoms with van der Waals surface area (Å²) in [4.78, 5) is 17.2. The second kappa shape index (κ2) is 9.79. The van der Waals surface area contributed by atoms with Gasteiger partial charge in [-0.05, 0) is 42.0 Å². The van der Waals surface area contributed by atoms with Crippen LogP contribution in [0, 0.1) is 6.92 Å². The number of carbonyl (C=O) groups is 1. The van der Waals surface area contributed by atoms with Gasteiger partial charge in [0.05, 0.1) is 7.11 Å². The van der Waals surface area contributed by atoms with Crippen LogP contribution in [0.5, 0.6) is 5.75 Å². The third kappa shape index (κ3) is 5.30. The topological polar surface area (TPSA) is 44.8 Å². The zero-order valence-electron chi connectivity index (χ0n) is 18.1. The molecule has 0 saturated carbocycles. The Bertz CT molecular complexity index is 827. The maximum atomic E-state index is 12.8. The number of ether oxygens (including phenoxy) is 1. The van der Waals surface area contributed by atoms with Crippen molar-refractivity contribution >= 4 is 11.7 Å². The van der Waals surface area contributed by atoms with E-state index in [2.05, 4.69) is 61.3 Å². The number of para-hydroxylation sites is 2. The minimum atomic E-state index is 0.00517. The lowest BCUT2D eigenvalue weighted by molar-refractivity contribution is 0.148. The number of nitrogens with one attached hydrogen (secondary N) is 1. The van der Waals surface area contributed by atoms with Crippen molar-refractivity contribution in [2.45, 2.75) is 33.1 Å². The first-order chi connectivity index (χ1) is 14.0. The highest BCUT2D eigenvalue weighted by Gasteiger charge is 2.22. The average molecular weight is 396 g/mol. The van der Waals surface area contributed by atoms with Gasteiger partial charge in [0.1, 0.15) is 5.75 Å². The van der Waals surface area contributed by atoms with Crippen molar-refractivity contribution in [2.75, 3.05) is 45.2 Å². The lowest BCUT2D eigenvalue weighted by Gasteiger charge is -2.35. The molecule has 3 rings (SSSR count). The van der Waals surface area contributed by atoms with E-state index in [1.54, 1.807) is 7.11 Å². The number of amides is 2. The lowest BCUT2D eigenvalue weighted by atomic mass is 9.98. The highest BCUT2D eigenvalue weighted by Crippen LogP contribution is 2.27. The zero-order chi connectivity index (χ0) is 20.8. The molecule has 1 fully saturated rings. The van der Waals surface area contributed by atoms with Crippen LogP contribution in [0.3, 0.4) is 0 Å². The molecule has 1 saturated heterocycles. The fourth-order valence-electron chi connectivity index (χ4n) is 3.89. The molecule has 156 valence electrons. The molecule has 0 aliphatic carbocycles. The molecule has 0 bridgehead atoms. The second-order valence-electron chi connectivity index (χ2n) is 8.01. The van der Waals surface area contributed by atoms with Gasteiger partial charge in [-0.2, -0.15) is 0 Å². The van der Waals surface area contributed by atoms with Gasteiger partial charge in [-0.15, -0.1) is 0 Å². The first-order valence-corrected chi connectivity index (χ1v) is 10.5. The summed E-state index contributed by atoms with van der Waals surface area (Å²) in [5, 5.41) is 3.17. The van der Waals surface area contributed by atoms with E-state index in [1.807, 2.05) is 17.0 Å². The SMILES string of the molecule is COc1ccccc1CCN1CCN(C(=O)Nc2c(C)cccc2C(C)C)CC1. The van der Waals surface area contributed by atoms with E-state index in [0.29, 0.717) is 5.92 Å². The maximum Gasteiger partial charge on any atom is 0.321 e. The number of carbonyl (C=O) groups excluding carboxylic acids is 1. The van der Waals surface area contributed by atoms with Gasteiger partial charge in [0.15, 0.2) is 0 Å². The molecule has 1 N–H and O–H groups in total. The number of methoxy groups -OCH3 is 1. The van der Waals surface area contributed by atoms with Gasteiger partial charge in [-0.3, -0.25) is 4.90 Å². The van der Waals surface area contributed by atoms with Gasteiger partial charge >= 0.3 is 6.03 Å². The Balaban J connectivity index is 1.53. The largest absolute Gasteiger partial charge is 0.496 e. The lowest BCUT2D eigenvalue weighted by Crippen LogP contribution is -2.50. The third-order valence-corrected chi connectivity index (χ3v) is 5.71. The van der Waals surface area contributed by atoms with E-state index in [-0.39, 0.29) is 6.03 Å². The molecule has 0 radical (unpaired) electrons. The normalized spacial score (nSPS) is 14.9. The minimum absolute atomic E-state index is 0.00517. The molecule has 5 nitrogen and oxygen atoms in total. The molecule has 1 aliphatic heterocycles. The predicted molar refractivity (Wildman–Crippen MR) is 119 cm³/mol. The van der Waals surface area contributed by atoms with Crippen LogP contribution >= 0.6 is 0 Å². The quantitative estimate of drug-likeness (QED) is 0.782. The molecule has 0 aromatic heterocycles. The van der Waals surface area contributed by atoms with Crippen LogP contribution in [0.4, 0.5) is 10.5 Å². The van der Waals surface area contributed by atoms with Crippen molar-refractivity contribution in [3.63, 3.8) is 0 Å². The highest BCUT2D eigenvalue weighted by molar-refractivity contribution is 5.91. The molecular weight excluding hydrogens is 362 g/mol. The smallest absolute Gasteiger partial charge is 0.321 e. The highest BCUT2D eigenvalue weighted by atomic mass is 16.5. The summed E-state index contributed by atoms with van der Waals surface area (Å²) in [5.74, 6) is 1.32. The van der Waals surface area contributed by atoms with Crippen LogP contribution in [0.15, 0.2) is 42.5 Å². The second-order valence-corrected chi connectivity index (χ2v) is 8.01. The molecule has 0 atom stereocenters. The maximum absolute atomic E-state index is 12.8. The van der Waals surface area contributed by atoms with Crippen molar-refractivity contribution in [2.24, 2.45) is 0 Å². The number of hydrogen-bond donors (Lipinski definition) is 1. The Hall–Kier alpha value is -2.53. The Morgan fingerprint density at radius 1 is 1.07 bits per heavy atom. The number of benzene rings is 2. The molecule has 2 aromatic rings. The molecule has 2 amide bonds. The standard InChI is InChI=1S/C24H33N3O2/c1-18(2)21-10-7-8-19(3)23(21)25-24(28)27-16-14-26(15-17-27)13-12-20-9-5-6-11-22(20)29-4/h5-11,18H,12-17H2,1-4H3,(H,25,28). The molecule has 1 aliphatic rings. The minimum Gasteiger partial charge on any atom is -0.496 e. The number of piperazine rings is 1. The number of nitrogens with zero attached hydrogens (tertiary/aromatic N) is 2. The summed E-state index contributed by atoms with van der Waals surface area (Å²) in [7, 11) is 1.72. The summed E-state index contributed by atoms with van der Waals surface area (Å²) >= 11 is 0. The van der Waals surface area contributed by atoms with E-state index < -0.39 is 0 Å². The molecule has 2 aromatic carbocycles. The Kier molecular flexibility index (Phi) is 7.15. The third-order valence-electron chi connectivity index (χ3n) is 5.71. The predicted octanol–water partition coefficient (Wildman–Crippen LogP) is 4.52. The summed E-state index contributed by atoms with van der Waals surface area (Å²) in [6.45, 7) is 10.6. The number of hydrogen-bond acceptors (Lipinski definition) is 3. The average Bonchev–Trinajstić information content (AvgIpc) is 2.74. The van der Waals surface area contributed by atoms with Gasteiger partial charge in [0, 0.05) is 38.4 Å². The van der Waals surface area contributed by atoms with Crippen molar-refractivity contribution < 1.29 is 9.53 Å². The fourth-order valence-corrected chi connectivity index (χ4v) is 3.89. The van der Waals surface area contributed by atoms with Crippen molar-refractivity contribution in [1.82, 2.24) is 9.80 Å². The van der Waals surface area contributed by atoms with E-state index in [0.717, 1.165) is 56.1 Å². The van der Waals surface area contributed by atoms with Crippen molar-refractivity contribution in [3.8, 4) is 5.75 Å². The van der Waals surface area contributed by atoms with E-state index >= 15 is 0 Å².